The van der Waals surface area contributed by atoms with Crippen molar-refractivity contribution >= 4 is 23.4 Å². The molecular weight excluding hydrogens is 521 g/mol. The van der Waals surface area contributed by atoms with E-state index in [0.29, 0.717) is 24.4 Å². The van der Waals surface area contributed by atoms with Crippen molar-refractivity contribution in [2.75, 3.05) is 31.0 Å². The van der Waals surface area contributed by atoms with Crippen LogP contribution in [0.1, 0.15) is 46.6 Å². The average molecular weight is 556 g/mol. The van der Waals surface area contributed by atoms with Gasteiger partial charge in [-0.2, -0.15) is 15.5 Å². The summed E-state index contributed by atoms with van der Waals surface area (Å²) in [5.41, 5.74) is 0.185. The van der Waals surface area contributed by atoms with Gasteiger partial charge in [0.25, 0.3) is 0 Å². The number of methoxy groups -OCH3 is 1. The van der Waals surface area contributed by atoms with Gasteiger partial charge in [-0.25, -0.2) is 19.2 Å². The second-order valence-corrected chi connectivity index (χ2v) is 9.75. The molecule has 0 aliphatic carbocycles. The second kappa shape index (κ2) is 13.5. The molecule has 13 nitrogen and oxygen atoms in total. The first-order chi connectivity index (χ1) is 19.0. The summed E-state index contributed by atoms with van der Waals surface area (Å²) in [6.45, 7) is 9.59. The van der Waals surface area contributed by atoms with Crippen molar-refractivity contribution in [3.63, 3.8) is 0 Å². The smallest absolute Gasteiger partial charge is 0.407 e. The number of hydrogen-bond acceptors (Lipinski definition) is 11. The van der Waals surface area contributed by atoms with Crippen LogP contribution in [0.3, 0.4) is 0 Å². The quantitative estimate of drug-likeness (QED) is 0.278. The van der Waals surface area contributed by atoms with Gasteiger partial charge in [0, 0.05) is 19.2 Å². The Bertz CT molecular complexity index is 1320. The maximum Gasteiger partial charge on any atom is 0.407 e. The zero-order valence-corrected chi connectivity index (χ0v) is 23.4. The van der Waals surface area contributed by atoms with Gasteiger partial charge in [-0.1, -0.05) is 6.92 Å². The lowest BCUT2D eigenvalue weighted by molar-refractivity contribution is 0.0503. The van der Waals surface area contributed by atoms with Gasteiger partial charge in [-0.3, -0.25) is 0 Å². The van der Waals surface area contributed by atoms with E-state index in [1.807, 2.05) is 13.0 Å². The molecule has 0 bridgehead atoms. The molecule has 2 atom stereocenters. The predicted molar refractivity (Wildman–Crippen MR) is 145 cm³/mol. The molecule has 0 saturated heterocycles. The number of carbonyl (C=O) groups is 1. The van der Waals surface area contributed by atoms with Gasteiger partial charge < -0.3 is 30.2 Å². The van der Waals surface area contributed by atoms with Crippen LogP contribution >= 0.6 is 0 Å². The van der Waals surface area contributed by atoms with Crippen LogP contribution in [-0.2, 0) is 9.47 Å². The molecule has 0 spiro atoms. The predicted octanol–water partition coefficient (Wildman–Crippen LogP) is 3.94. The van der Waals surface area contributed by atoms with Crippen LogP contribution in [0.15, 0.2) is 30.7 Å². The van der Waals surface area contributed by atoms with Crippen LogP contribution in [-0.4, -0.2) is 69.1 Å². The van der Waals surface area contributed by atoms with Gasteiger partial charge in [0.2, 0.25) is 5.88 Å². The minimum Gasteiger partial charge on any atom is -0.474 e. The Morgan fingerprint density at radius 2 is 1.93 bits per heavy atom. The Morgan fingerprint density at radius 3 is 2.55 bits per heavy atom. The lowest BCUT2D eigenvalue weighted by Crippen LogP contribution is -2.46. The number of rotatable bonds is 12. The number of carbonyl (C=O) groups excluding carboxylic acids is 1. The van der Waals surface area contributed by atoms with Crippen LogP contribution in [0, 0.1) is 17.1 Å². The Morgan fingerprint density at radius 1 is 1.20 bits per heavy atom. The van der Waals surface area contributed by atoms with Crippen molar-refractivity contribution in [2.24, 2.45) is 0 Å². The standard InChI is InChI=1S/C26H34FN9O4/c1-7-20(16(2)32-25(37)40-26(3,4)5)34-23-19(27)12-17(14-28)22(35-23)33-18-13-21(36-30-8-9-31-36)24(29-15-18)39-11-10-38-6/h8-9,12-13,15-16,20H,7,10-11H2,1-6H3,(H,32,37)(H2,33,34,35)/t16-,20+/m0/s1. The molecule has 0 fully saturated rings. The summed E-state index contributed by atoms with van der Waals surface area (Å²) in [4.78, 5) is 22.3. The fraction of sp³-hybridized carbons (Fsp3) is 0.462. The number of amides is 1. The summed E-state index contributed by atoms with van der Waals surface area (Å²) in [5.74, 6) is -0.437. The lowest BCUT2D eigenvalue weighted by atomic mass is 10.1. The first-order valence-electron chi connectivity index (χ1n) is 12.7. The first kappa shape index (κ1) is 30.0. The Labute approximate surface area is 232 Å². The van der Waals surface area contributed by atoms with E-state index in [4.69, 9.17) is 14.2 Å². The van der Waals surface area contributed by atoms with Crippen molar-refractivity contribution in [1.82, 2.24) is 30.3 Å². The van der Waals surface area contributed by atoms with E-state index in [1.165, 1.54) is 23.4 Å². The van der Waals surface area contributed by atoms with E-state index in [0.717, 1.165) is 6.07 Å². The summed E-state index contributed by atoms with van der Waals surface area (Å²) < 4.78 is 31.0. The first-order valence-corrected chi connectivity index (χ1v) is 12.7. The zero-order valence-electron chi connectivity index (χ0n) is 23.4. The molecule has 0 aromatic carbocycles. The summed E-state index contributed by atoms with van der Waals surface area (Å²) in [5, 5.41) is 26.7. The number of ether oxygens (including phenoxy) is 3. The molecule has 3 aromatic rings. The third kappa shape index (κ3) is 8.24. The number of nitrogens with zero attached hydrogens (tertiary/aromatic N) is 6. The topological polar surface area (TPSA) is 161 Å². The monoisotopic (exact) mass is 555 g/mol. The lowest BCUT2D eigenvalue weighted by Gasteiger charge is -2.27. The summed E-state index contributed by atoms with van der Waals surface area (Å²) in [7, 11) is 1.56. The maximum atomic E-state index is 15.0. The van der Waals surface area contributed by atoms with Crippen LogP contribution < -0.4 is 20.7 Å². The molecule has 3 heterocycles. The molecule has 0 saturated carbocycles. The molecular formula is C26H34FN9O4. The summed E-state index contributed by atoms with van der Waals surface area (Å²) >= 11 is 0. The molecule has 0 aliphatic heterocycles. The van der Waals surface area contributed by atoms with Crippen LogP contribution in [0.4, 0.5) is 26.5 Å². The van der Waals surface area contributed by atoms with Crippen molar-refractivity contribution in [3.05, 3.63) is 42.1 Å². The summed E-state index contributed by atoms with van der Waals surface area (Å²) in [6.07, 6.45) is 4.45. The molecule has 0 radical (unpaired) electrons. The highest BCUT2D eigenvalue weighted by molar-refractivity contribution is 5.69. The molecule has 40 heavy (non-hydrogen) atoms. The fourth-order valence-corrected chi connectivity index (χ4v) is 3.58. The van der Waals surface area contributed by atoms with Crippen molar-refractivity contribution < 1.29 is 23.4 Å². The van der Waals surface area contributed by atoms with Crippen LogP contribution in [0.25, 0.3) is 5.69 Å². The third-order valence-electron chi connectivity index (χ3n) is 5.46. The molecule has 214 valence electrons. The largest absolute Gasteiger partial charge is 0.474 e. The number of alkyl carbamates (subject to hydrolysis) is 1. The van der Waals surface area contributed by atoms with Gasteiger partial charge in [0.15, 0.2) is 17.5 Å². The Hall–Kier alpha value is -4.51. The molecule has 14 heteroatoms. The third-order valence-corrected chi connectivity index (χ3v) is 5.46. The molecule has 1 amide bonds. The van der Waals surface area contributed by atoms with E-state index in [9.17, 15) is 14.4 Å². The highest BCUT2D eigenvalue weighted by Crippen LogP contribution is 2.28. The van der Waals surface area contributed by atoms with Crippen molar-refractivity contribution in [2.45, 2.75) is 58.7 Å². The highest BCUT2D eigenvalue weighted by atomic mass is 19.1. The van der Waals surface area contributed by atoms with E-state index in [-0.39, 0.29) is 29.7 Å². The van der Waals surface area contributed by atoms with Gasteiger partial charge in [0.1, 0.15) is 24.0 Å². The van der Waals surface area contributed by atoms with Crippen LogP contribution in [0.5, 0.6) is 5.88 Å². The molecule has 3 N–H and O–H groups in total. The number of halogens is 1. The van der Waals surface area contributed by atoms with E-state index >= 15 is 0 Å². The molecule has 0 unspecified atom stereocenters. The number of anilines is 3. The highest BCUT2D eigenvalue weighted by Gasteiger charge is 2.24. The molecule has 3 aromatic heterocycles. The van der Waals surface area contributed by atoms with Gasteiger partial charge in [0.05, 0.1) is 36.4 Å². The summed E-state index contributed by atoms with van der Waals surface area (Å²) in [6, 6.07) is 3.89. The van der Waals surface area contributed by atoms with Gasteiger partial charge >= 0.3 is 6.09 Å². The number of nitrogens with one attached hydrogen (secondary N) is 3. The normalized spacial score (nSPS) is 12.7. The fourth-order valence-electron chi connectivity index (χ4n) is 3.58. The maximum absolute atomic E-state index is 15.0. The van der Waals surface area contributed by atoms with Crippen molar-refractivity contribution in [3.8, 4) is 17.6 Å². The van der Waals surface area contributed by atoms with Gasteiger partial charge in [-0.05, 0) is 46.2 Å². The number of aromatic nitrogens is 5. The van der Waals surface area contributed by atoms with Crippen molar-refractivity contribution in [1.29, 1.82) is 5.26 Å². The van der Waals surface area contributed by atoms with E-state index in [2.05, 4.69) is 36.1 Å². The SMILES string of the molecule is CC[C@@H](Nc1nc(Nc2cnc(OCCOC)c(-n3nccn3)c2)c(C#N)cc1F)[C@H](C)NC(=O)OC(C)(C)C. The minimum absolute atomic E-state index is 0.0183. The Kier molecular flexibility index (Phi) is 10.2. The number of hydrogen-bond donors (Lipinski definition) is 3. The molecule has 3 rings (SSSR count). The average Bonchev–Trinajstić information content (AvgIpc) is 3.43. The van der Waals surface area contributed by atoms with Gasteiger partial charge in [-0.15, -0.1) is 4.80 Å². The zero-order chi connectivity index (χ0) is 29.3. The second-order valence-electron chi connectivity index (χ2n) is 9.75. The number of pyridine rings is 2. The molecule has 0 aliphatic rings. The van der Waals surface area contributed by atoms with E-state index in [1.54, 1.807) is 40.9 Å². The van der Waals surface area contributed by atoms with Crippen LogP contribution in [0.2, 0.25) is 0 Å². The minimum atomic E-state index is -0.716. The number of nitriles is 1. The Balaban J connectivity index is 1.85. The van der Waals surface area contributed by atoms with E-state index < -0.39 is 29.6 Å².